The van der Waals surface area contributed by atoms with Crippen LogP contribution in [0, 0.1) is 0 Å². The predicted molar refractivity (Wildman–Crippen MR) is 109 cm³/mol. The van der Waals surface area contributed by atoms with Gasteiger partial charge in [0.05, 0.1) is 29.4 Å². The van der Waals surface area contributed by atoms with E-state index in [1.54, 1.807) is 13.2 Å². The van der Waals surface area contributed by atoms with Crippen molar-refractivity contribution in [1.29, 1.82) is 0 Å². The number of carbonyl (C=O) groups is 2. The van der Waals surface area contributed by atoms with Crippen molar-refractivity contribution in [3.05, 3.63) is 45.9 Å². The van der Waals surface area contributed by atoms with Crippen LogP contribution in [-0.2, 0) is 10.2 Å². The number of nitrogens with one attached hydrogen (secondary N) is 1. The Morgan fingerprint density at radius 3 is 2.21 bits per heavy atom. The third kappa shape index (κ3) is 3.88. The SMILES string of the molecule is COc1ccc(Oc2c(Cl)cc(N3C(=O)CNC3=O)cc2Cl)cc1C(C)(C)C. The zero-order valence-electron chi connectivity index (χ0n) is 15.9. The van der Waals surface area contributed by atoms with Crippen LogP contribution in [-0.4, -0.2) is 25.6 Å². The molecule has 1 N–H and O–H groups in total. The highest BCUT2D eigenvalue weighted by molar-refractivity contribution is 6.38. The first-order valence-corrected chi connectivity index (χ1v) is 9.33. The van der Waals surface area contributed by atoms with Crippen molar-refractivity contribution in [2.75, 3.05) is 18.6 Å². The molecule has 3 amide bonds. The molecule has 0 atom stereocenters. The van der Waals surface area contributed by atoms with E-state index in [0.717, 1.165) is 16.2 Å². The van der Waals surface area contributed by atoms with E-state index < -0.39 is 6.03 Å². The highest BCUT2D eigenvalue weighted by atomic mass is 35.5. The van der Waals surface area contributed by atoms with Crippen molar-refractivity contribution in [2.24, 2.45) is 0 Å². The summed E-state index contributed by atoms with van der Waals surface area (Å²) in [5.74, 6) is 1.16. The van der Waals surface area contributed by atoms with Crippen LogP contribution in [0.2, 0.25) is 10.0 Å². The predicted octanol–water partition coefficient (Wildman–Crippen LogP) is 5.15. The molecule has 1 fully saturated rings. The molecule has 0 saturated carbocycles. The lowest BCUT2D eigenvalue weighted by Gasteiger charge is -2.23. The van der Waals surface area contributed by atoms with E-state index >= 15 is 0 Å². The summed E-state index contributed by atoms with van der Waals surface area (Å²) < 4.78 is 11.4. The lowest BCUT2D eigenvalue weighted by atomic mass is 9.86. The first kappa shape index (κ1) is 20.3. The van der Waals surface area contributed by atoms with Crippen molar-refractivity contribution >= 4 is 40.8 Å². The Morgan fingerprint density at radius 2 is 1.71 bits per heavy atom. The summed E-state index contributed by atoms with van der Waals surface area (Å²) in [6.45, 7) is 6.15. The topological polar surface area (TPSA) is 67.9 Å². The quantitative estimate of drug-likeness (QED) is 0.691. The van der Waals surface area contributed by atoms with Crippen LogP contribution in [0.1, 0.15) is 26.3 Å². The molecule has 0 bridgehead atoms. The molecule has 1 aliphatic rings. The number of methoxy groups -OCH3 is 1. The van der Waals surface area contributed by atoms with Crippen LogP contribution in [0.4, 0.5) is 10.5 Å². The van der Waals surface area contributed by atoms with E-state index in [1.165, 1.54) is 12.1 Å². The van der Waals surface area contributed by atoms with Gasteiger partial charge in [0.25, 0.3) is 5.91 Å². The second kappa shape index (κ2) is 7.53. The second-order valence-corrected chi connectivity index (χ2v) is 8.15. The Bertz CT molecular complexity index is 915. The van der Waals surface area contributed by atoms with Gasteiger partial charge >= 0.3 is 6.03 Å². The average Bonchev–Trinajstić information content (AvgIpc) is 2.95. The summed E-state index contributed by atoms with van der Waals surface area (Å²) in [4.78, 5) is 24.7. The number of halogens is 2. The highest BCUT2D eigenvalue weighted by Gasteiger charge is 2.31. The molecule has 0 radical (unpaired) electrons. The van der Waals surface area contributed by atoms with E-state index in [4.69, 9.17) is 32.7 Å². The summed E-state index contributed by atoms with van der Waals surface area (Å²) >= 11 is 12.7. The third-order valence-electron chi connectivity index (χ3n) is 4.28. The number of benzene rings is 2. The maximum atomic E-state index is 11.9. The number of hydrogen-bond donors (Lipinski definition) is 1. The number of imide groups is 1. The molecule has 0 aromatic heterocycles. The molecule has 1 aliphatic heterocycles. The van der Waals surface area contributed by atoms with Crippen molar-refractivity contribution in [3.63, 3.8) is 0 Å². The lowest BCUT2D eigenvalue weighted by Crippen LogP contribution is -2.30. The maximum Gasteiger partial charge on any atom is 0.329 e. The minimum atomic E-state index is -0.518. The smallest absolute Gasteiger partial charge is 0.329 e. The minimum Gasteiger partial charge on any atom is -0.496 e. The van der Waals surface area contributed by atoms with Gasteiger partial charge in [0.15, 0.2) is 5.75 Å². The van der Waals surface area contributed by atoms with E-state index in [2.05, 4.69) is 26.1 Å². The molecule has 148 valence electrons. The standard InChI is InChI=1S/C20H20Cl2N2O4/c1-20(2,3)13-9-12(5-6-16(13)27-4)28-18-14(21)7-11(8-15(18)22)24-17(25)10-23-19(24)26/h5-9H,10H2,1-4H3,(H,23,26). The first-order valence-electron chi connectivity index (χ1n) is 8.58. The van der Waals surface area contributed by atoms with Crippen LogP contribution in [0.25, 0.3) is 0 Å². The summed E-state index contributed by atoms with van der Waals surface area (Å²) in [5, 5.41) is 2.82. The van der Waals surface area contributed by atoms with Gasteiger partial charge in [0.1, 0.15) is 11.5 Å². The molecular weight excluding hydrogens is 403 g/mol. The van der Waals surface area contributed by atoms with Crippen LogP contribution >= 0.6 is 23.2 Å². The average molecular weight is 423 g/mol. The van der Waals surface area contributed by atoms with Gasteiger partial charge in [-0.15, -0.1) is 0 Å². The number of rotatable bonds is 4. The maximum absolute atomic E-state index is 11.9. The fourth-order valence-electron chi connectivity index (χ4n) is 2.91. The number of hydrogen-bond acceptors (Lipinski definition) is 4. The number of carbonyl (C=O) groups excluding carboxylic acids is 2. The van der Waals surface area contributed by atoms with Gasteiger partial charge in [0.2, 0.25) is 0 Å². The third-order valence-corrected chi connectivity index (χ3v) is 4.84. The molecule has 28 heavy (non-hydrogen) atoms. The van der Waals surface area contributed by atoms with Crippen molar-refractivity contribution in [2.45, 2.75) is 26.2 Å². The molecule has 2 aromatic rings. The van der Waals surface area contributed by atoms with Gasteiger partial charge in [-0.25, -0.2) is 9.69 Å². The zero-order chi connectivity index (χ0) is 20.6. The normalized spacial score (nSPS) is 14.3. The number of ether oxygens (including phenoxy) is 2. The van der Waals surface area contributed by atoms with Gasteiger partial charge < -0.3 is 14.8 Å². The number of nitrogens with zero attached hydrogens (tertiary/aromatic N) is 1. The largest absolute Gasteiger partial charge is 0.496 e. The Morgan fingerprint density at radius 1 is 1.07 bits per heavy atom. The highest BCUT2D eigenvalue weighted by Crippen LogP contribution is 2.42. The number of urea groups is 1. The van der Waals surface area contributed by atoms with Crippen LogP contribution in [0.5, 0.6) is 17.2 Å². The van der Waals surface area contributed by atoms with Gasteiger partial charge in [0, 0.05) is 5.56 Å². The molecule has 0 aliphatic carbocycles. The molecule has 2 aromatic carbocycles. The number of anilines is 1. The van der Waals surface area contributed by atoms with E-state index in [1.807, 2.05) is 12.1 Å². The summed E-state index contributed by atoms with van der Waals surface area (Å²) in [6.07, 6.45) is 0. The van der Waals surface area contributed by atoms with Gasteiger partial charge in [-0.05, 0) is 35.7 Å². The summed E-state index contributed by atoms with van der Waals surface area (Å²) in [6, 6.07) is 7.87. The molecule has 0 unspecified atom stereocenters. The summed E-state index contributed by atoms with van der Waals surface area (Å²) in [7, 11) is 1.62. The van der Waals surface area contributed by atoms with E-state index in [0.29, 0.717) is 5.75 Å². The number of amides is 3. The molecular formula is C20H20Cl2N2O4. The molecule has 1 saturated heterocycles. The Kier molecular flexibility index (Phi) is 5.46. The first-order chi connectivity index (χ1) is 13.1. The Labute approximate surface area is 173 Å². The van der Waals surface area contributed by atoms with Crippen LogP contribution in [0.3, 0.4) is 0 Å². The van der Waals surface area contributed by atoms with Gasteiger partial charge in [-0.1, -0.05) is 44.0 Å². The molecule has 1 heterocycles. The fourth-order valence-corrected chi connectivity index (χ4v) is 3.46. The Hall–Kier alpha value is -2.44. The van der Waals surface area contributed by atoms with Crippen molar-refractivity contribution < 1.29 is 19.1 Å². The molecule has 3 rings (SSSR count). The Balaban J connectivity index is 1.95. The van der Waals surface area contributed by atoms with Crippen molar-refractivity contribution in [1.82, 2.24) is 5.32 Å². The van der Waals surface area contributed by atoms with Crippen molar-refractivity contribution in [3.8, 4) is 17.2 Å². The molecule has 0 spiro atoms. The molecule has 8 heteroatoms. The van der Waals surface area contributed by atoms with Gasteiger partial charge in [-0.3, -0.25) is 4.79 Å². The minimum absolute atomic E-state index is 0.0618. The van der Waals surface area contributed by atoms with E-state index in [-0.39, 0.29) is 39.3 Å². The van der Waals surface area contributed by atoms with Gasteiger partial charge in [-0.2, -0.15) is 0 Å². The fraction of sp³-hybridized carbons (Fsp3) is 0.300. The van der Waals surface area contributed by atoms with Crippen LogP contribution in [0.15, 0.2) is 30.3 Å². The van der Waals surface area contributed by atoms with Crippen LogP contribution < -0.4 is 19.7 Å². The second-order valence-electron chi connectivity index (χ2n) is 7.34. The van der Waals surface area contributed by atoms with E-state index in [9.17, 15) is 9.59 Å². The zero-order valence-corrected chi connectivity index (χ0v) is 17.4. The monoisotopic (exact) mass is 422 g/mol. The summed E-state index contributed by atoms with van der Waals surface area (Å²) in [5.41, 5.74) is 1.09. The lowest BCUT2D eigenvalue weighted by molar-refractivity contribution is -0.115. The molecule has 6 nitrogen and oxygen atoms in total.